The first-order valence-electron chi connectivity index (χ1n) is 13.9. The average Bonchev–Trinajstić information content (AvgIpc) is 3.37. The van der Waals surface area contributed by atoms with Gasteiger partial charge in [0, 0.05) is 0 Å². The van der Waals surface area contributed by atoms with Crippen LogP contribution < -0.4 is 0 Å². The molecule has 0 radical (unpaired) electrons. The van der Waals surface area contributed by atoms with Crippen molar-refractivity contribution in [1.82, 2.24) is 0 Å². The predicted molar refractivity (Wildman–Crippen MR) is 170 cm³/mol. The van der Waals surface area contributed by atoms with Gasteiger partial charge in [-0.05, 0) is 89.7 Å². The molecule has 0 saturated carbocycles. The Labute approximate surface area is 234 Å². The molecule has 40 heavy (non-hydrogen) atoms. The van der Waals surface area contributed by atoms with E-state index in [2.05, 4.69) is 158 Å². The SMILES string of the molecule is c1ccc(-c2cc(-c3ccccc3)c(-c3ccc4c5c(cccc35)-c3ccccc3-4)c(-c3ccccc3)c2)cc1. The summed E-state index contributed by atoms with van der Waals surface area (Å²) in [7, 11) is 0. The Morgan fingerprint density at radius 3 is 1.27 bits per heavy atom. The zero-order valence-corrected chi connectivity index (χ0v) is 22.0. The Bertz CT molecular complexity index is 1930. The van der Waals surface area contributed by atoms with E-state index in [-0.39, 0.29) is 0 Å². The third kappa shape index (κ3) is 3.54. The second kappa shape index (κ2) is 9.22. The molecule has 0 aliphatic heterocycles. The van der Waals surface area contributed by atoms with Crippen LogP contribution in [0.3, 0.4) is 0 Å². The molecule has 8 rings (SSSR count). The van der Waals surface area contributed by atoms with E-state index < -0.39 is 0 Å². The molecule has 0 saturated heterocycles. The van der Waals surface area contributed by atoms with Crippen molar-refractivity contribution in [3.63, 3.8) is 0 Å². The highest BCUT2D eigenvalue weighted by Gasteiger charge is 2.24. The fraction of sp³-hybridized carbons (Fsp3) is 0. The van der Waals surface area contributed by atoms with Gasteiger partial charge >= 0.3 is 0 Å². The summed E-state index contributed by atoms with van der Waals surface area (Å²) >= 11 is 0. The van der Waals surface area contributed by atoms with Gasteiger partial charge in [-0.15, -0.1) is 0 Å². The number of fused-ring (bicyclic) bond motifs is 3. The van der Waals surface area contributed by atoms with E-state index in [1.54, 1.807) is 0 Å². The van der Waals surface area contributed by atoms with E-state index >= 15 is 0 Å². The van der Waals surface area contributed by atoms with Crippen molar-refractivity contribution in [1.29, 1.82) is 0 Å². The lowest BCUT2D eigenvalue weighted by Crippen LogP contribution is -1.94. The molecule has 7 aromatic carbocycles. The lowest BCUT2D eigenvalue weighted by Gasteiger charge is -2.21. The Morgan fingerprint density at radius 1 is 0.250 bits per heavy atom. The van der Waals surface area contributed by atoms with Crippen LogP contribution in [0.2, 0.25) is 0 Å². The average molecular weight is 507 g/mol. The molecule has 0 fully saturated rings. The van der Waals surface area contributed by atoms with E-state index in [1.165, 1.54) is 77.5 Å². The van der Waals surface area contributed by atoms with Gasteiger partial charge in [-0.3, -0.25) is 0 Å². The summed E-state index contributed by atoms with van der Waals surface area (Å²) in [5.74, 6) is 0. The highest BCUT2D eigenvalue weighted by atomic mass is 14.3. The second-order valence-electron chi connectivity index (χ2n) is 10.5. The topological polar surface area (TPSA) is 0 Å². The van der Waals surface area contributed by atoms with Gasteiger partial charge in [-0.25, -0.2) is 0 Å². The summed E-state index contributed by atoms with van der Waals surface area (Å²) < 4.78 is 0. The summed E-state index contributed by atoms with van der Waals surface area (Å²) in [6.45, 7) is 0. The van der Waals surface area contributed by atoms with Crippen LogP contribution >= 0.6 is 0 Å². The fourth-order valence-corrected chi connectivity index (χ4v) is 6.45. The highest BCUT2D eigenvalue weighted by molar-refractivity contribution is 6.20. The minimum absolute atomic E-state index is 1.22. The van der Waals surface area contributed by atoms with Gasteiger partial charge in [0.05, 0.1) is 0 Å². The molecule has 7 aromatic rings. The zero-order chi connectivity index (χ0) is 26.5. The molecule has 0 spiro atoms. The minimum Gasteiger partial charge on any atom is -0.0622 e. The van der Waals surface area contributed by atoms with Gasteiger partial charge in [-0.2, -0.15) is 0 Å². The van der Waals surface area contributed by atoms with Crippen molar-refractivity contribution in [3.05, 3.63) is 158 Å². The van der Waals surface area contributed by atoms with E-state index in [0.29, 0.717) is 0 Å². The highest BCUT2D eigenvalue weighted by Crippen LogP contribution is 2.52. The maximum absolute atomic E-state index is 2.38. The molecule has 0 bridgehead atoms. The Balaban J connectivity index is 1.50. The van der Waals surface area contributed by atoms with Crippen LogP contribution in [-0.4, -0.2) is 0 Å². The minimum atomic E-state index is 1.22. The van der Waals surface area contributed by atoms with Crippen LogP contribution in [0.5, 0.6) is 0 Å². The molecule has 0 heteroatoms. The van der Waals surface area contributed by atoms with Gasteiger partial charge in [0.15, 0.2) is 0 Å². The molecule has 0 nitrogen and oxygen atoms in total. The van der Waals surface area contributed by atoms with Gasteiger partial charge in [0.1, 0.15) is 0 Å². The Hall–Kier alpha value is -5.20. The fourth-order valence-electron chi connectivity index (χ4n) is 6.45. The standard InChI is InChI=1S/C40H26/c1-4-13-27(14-5-1)30-25-37(28-15-6-2-7-16-28)40(38(26-30)29-17-8-3-9-18-29)36-24-23-35-32-20-11-10-19-31(32)33-21-12-22-34(36)39(33)35/h1-26H. The van der Waals surface area contributed by atoms with Gasteiger partial charge in [0.2, 0.25) is 0 Å². The van der Waals surface area contributed by atoms with Gasteiger partial charge < -0.3 is 0 Å². The lowest BCUT2D eigenvalue weighted by atomic mass is 9.82. The molecule has 0 N–H and O–H groups in total. The summed E-state index contributed by atoms with van der Waals surface area (Å²) in [6.07, 6.45) is 0. The third-order valence-electron chi connectivity index (χ3n) is 8.23. The summed E-state index contributed by atoms with van der Waals surface area (Å²) in [6, 6.07) is 57.5. The lowest BCUT2D eigenvalue weighted by molar-refractivity contribution is 1.55. The molecule has 0 amide bonds. The first-order valence-corrected chi connectivity index (χ1v) is 13.9. The zero-order valence-electron chi connectivity index (χ0n) is 22.0. The molecular formula is C40H26. The maximum atomic E-state index is 2.38. The van der Waals surface area contributed by atoms with Crippen LogP contribution in [0.1, 0.15) is 0 Å². The first kappa shape index (κ1) is 22.8. The molecule has 0 heterocycles. The normalized spacial score (nSPS) is 11.5. The number of hydrogen-bond donors (Lipinski definition) is 0. The monoisotopic (exact) mass is 506 g/mol. The summed E-state index contributed by atoms with van der Waals surface area (Å²) in [5.41, 5.74) is 15.2. The predicted octanol–water partition coefficient (Wildman–Crippen LogP) is 11.2. The Kier molecular flexibility index (Phi) is 5.24. The van der Waals surface area contributed by atoms with Crippen molar-refractivity contribution in [3.8, 4) is 66.8 Å². The number of benzene rings is 7. The van der Waals surface area contributed by atoms with E-state index in [0.717, 1.165) is 0 Å². The van der Waals surface area contributed by atoms with Crippen LogP contribution in [0.25, 0.3) is 77.5 Å². The molecular weight excluding hydrogens is 480 g/mol. The smallest absolute Gasteiger partial charge is 0.00201 e. The van der Waals surface area contributed by atoms with Crippen molar-refractivity contribution >= 4 is 10.8 Å². The molecule has 0 unspecified atom stereocenters. The summed E-state index contributed by atoms with van der Waals surface area (Å²) in [5, 5.41) is 2.65. The van der Waals surface area contributed by atoms with E-state index in [4.69, 9.17) is 0 Å². The number of hydrogen-bond acceptors (Lipinski definition) is 0. The third-order valence-corrected chi connectivity index (χ3v) is 8.23. The van der Waals surface area contributed by atoms with Gasteiger partial charge in [0.25, 0.3) is 0 Å². The van der Waals surface area contributed by atoms with Crippen LogP contribution in [0, 0.1) is 0 Å². The van der Waals surface area contributed by atoms with Crippen LogP contribution in [0.4, 0.5) is 0 Å². The van der Waals surface area contributed by atoms with E-state index in [1.807, 2.05) is 0 Å². The van der Waals surface area contributed by atoms with Crippen molar-refractivity contribution < 1.29 is 0 Å². The quantitative estimate of drug-likeness (QED) is 0.223. The first-order chi connectivity index (χ1) is 19.9. The Morgan fingerprint density at radius 2 is 0.700 bits per heavy atom. The van der Waals surface area contributed by atoms with Crippen LogP contribution in [0.15, 0.2) is 158 Å². The van der Waals surface area contributed by atoms with Crippen molar-refractivity contribution in [2.75, 3.05) is 0 Å². The van der Waals surface area contributed by atoms with Gasteiger partial charge in [-0.1, -0.05) is 146 Å². The molecule has 0 aromatic heterocycles. The molecule has 186 valence electrons. The number of rotatable bonds is 4. The van der Waals surface area contributed by atoms with Crippen molar-refractivity contribution in [2.24, 2.45) is 0 Å². The summed E-state index contributed by atoms with van der Waals surface area (Å²) in [4.78, 5) is 0. The molecule has 1 aliphatic rings. The second-order valence-corrected chi connectivity index (χ2v) is 10.5. The molecule has 1 aliphatic carbocycles. The maximum Gasteiger partial charge on any atom is -0.00201 e. The largest absolute Gasteiger partial charge is 0.0622 e. The van der Waals surface area contributed by atoms with Crippen LogP contribution in [-0.2, 0) is 0 Å². The molecule has 0 atom stereocenters. The van der Waals surface area contributed by atoms with E-state index in [9.17, 15) is 0 Å². The van der Waals surface area contributed by atoms with Crippen molar-refractivity contribution in [2.45, 2.75) is 0 Å².